The van der Waals surface area contributed by atoms with Crippen molar-refractivity contribution in [2.75, 3.05) is 19.8 Å². The highest BCUT2D eigenvalue weighted by Gasteiger charge is 2.18. The highest BCUT2D eigenvalue weighted by Crippen LogP contribution is 2.17. The number of ketones is 1. The SMILES string of the molecule is CC(=O)c1cccc(OCC2COC2)c1. The fourth-order valence-electron chi connectivity index (χ4n) is 1.40. The van der Waals surface area contributed by atoms with Crippen LogP contribution in [0.2, 0.25) is 0 Å². The van der Waals surface area contributed by atoms with Gasteiger partial charge in [-0.05, 0) is 19.1 Å². The van der Waals surface area contributed by atoms with Crippen molar-refractivity contribution >= 4 is 5.78 Å². The van der Waals surface area contributed by atoms with Gasteiger partial charge in [-0.2, -0.15) is 0 Å². The fourth-order valence-corrected chi connectivity index (χ4v) is 1.40. The van der Waals surface area contributed by atoms with Crippen LogP contribution < -0.4 is 4.74 Å². The van der Waals surface area contributed by atoms with Gasteiger partial charge in [0, 0.05) is 11.5 Å². The predicted molar refractivity (Wildman–Crippen MR) is 56.3 cm³/mol. The van der Waals surface area contributed by atoms with E-state index in [1.165, 1.54) is 0 Å². The van der Waals surface area contributed by atoms with Gasteiger partial charge >= 0.3 is 0 Å². The van der Waals surface area contributed by atoms with Crippen molar-refractivity contribution in [3.8, 4) is 5.75 Å². The number of hydrogen-bond acceptors (Lipinski definition) is 3. The minimum atomic E-state index is 0.0624. The van der Waals surface area contributed by atoms with Crippen LogP contribution in [-0.4, -0.2) is 25.6 Å². The van der Waals surface area contributed by atoms with Gasteiger partial charge in [0.15, 0.2) is 5.78 Å². The summed E-state index contributed by atoms with van der Waals surface area (Å²) in [6.07, 6.45) is 0. The Hall–Kier alpha value is -1.35. The van der Waals surface area contributed by atoms with Gasteiger partial charge in [-0.1, -0.05) is 12.1 Å². The van der Waals surface area contributed by atoms with E-state index in [4.69, 9.17) is 9.47 Å². The van der Waals surface area contributed by atoms with Crippen LogP contribution in [0.1, 0.15) is 17.3 Å². The third-order valence-corrected chi connectivity index (χ3v) is 2.43. The molecule has 0 atom stereocenters. The minimum Gasteiger partial charge on any atom is -0.493 e. The molecule has 0 aromatic heterocycles. The van der Waals surface area contributed by atoms with Crippen LogP contribution in [-0.2, 0) is 4.74 Å². The summed E-state index contributed by atoms with van der Waals surface area (Å²) >= 11 is 0. The van der Waals surface area contributed by atoms with Gasteiger partial charge in [0.2, 0.25) is 0 Å². The molecule has 1 aromatic carbocycles. The van der Waals surface area contributed by atoms with E-state index >= 15 is 0 Å². The Morgan fingerprint density at radius 1 is 1.53 bits per heavy atom. The van der Waals surface area contributed by atoms with Gasteiger partial charge in [-0.3, -0.25) is 4.79 Å². The number of rotatable bonds is 4. The quantitative estimate of drug-likeness (QED) is 0.706. The monoisotopic (exact) mass is 206 g/mol. The zero-order valence-corrected chi connectivity index (χ0v) is 8.73. The molecule has 80 valence electrons. The Labute approximate surface area is 89.0 Å². The standard InChI is InChI=1S/C12H14O3/c1-9(13)11-3-2-4-12(5-11)15-8-10-6-14-7-10/h2-5,10H,6-8H2,1H3. The molecule has 1 aliphatic rings. The van der Waals surface area contributed by atoms with E-state index in [2.05, 4.69) is 0 Å². The van der Waals surface area contributed by atoms with Crippen LogP contribution >= 0.6 is 0 Å². The Kier molecular flexibility index (Phi) is 3.02. The molecule has 15 heavy (non-hydrogen) atoms. The molecule has 3 heteroatoms. The Morgan fingerprint density at radius 2 is 2.33 bits per heavy atom. The molecule has 0 radical (unpaired) electrons. The topological polar surface area (TPSA) is 35.5 Å². The van der Waals surface area contributed by atoms with Gasteiger partial charge in [-0.25, -0.2) is 0 Å². The molecular weight excluding hydrogens is 192 g/mol. The van der Waals surface area contributed by atoms with Gasteiger partial charge in [0.05, 0.1) is 19.8 Å². The summed E-state index contributed by atoms with van der Waals surface area (Å²) in [6, 6.07) is 7.28. The van der Waals surface area contributed by atoms with Crippen LogP contribution in [0.15, 0.2) is 24.3 Å². The number of ether oxygens (including phenoxy) is 2. The fraction of sp³-hybridized carbons (Fsp3) is 0.417. The van der Waals surface area contributed by atoms with Crippen LogP contribution in [0, 0.1) is 5.92 Å². The van der Waals surface area contributed by atoms with E-state index in [0.717, 1.165) is 19.0 Å². The molecule has 0 N–H and O–H groups in total. The van der Waals surface area contributed by atoms with Crippen LogP contribution in [0.5, 0.6) is 5.75 Å². The van der Waals surface area contributed by atoms with E-state index in [1.54, 1.807) is 19.1 Å². The molecule has 0 bridgehead atoms. The van der Waals surface area contributed by atoms with Crippen molar-refractivity contribution in [1.82, 2.24) is 0 Å². The summed E-state index contributed by atoms with van der Waals surface area (Å²) in [6.45, 7) is 3.79. The second-order valence-electron chi connectivity index (χ2n) is 3.80. The summed E-state index contributed by atoms with van der Waals surface area (Å²) in [5.41, 5.74) is 0.692. The third-order valence-electron chi connectivity index (χ3n) is 2.43. The molecule has 1 fully saturated rings. The van der Waals surface area contributed by atoms with Crippen molar-refractivity contribution in [2.24, 2.45) is 5.92 Å². The maximum absolute atomic E-state index is 11.1. The van der Waals surface area contributed by atoms with E-state index in [9.17, 15) is 4.79 Å². The number of hydrogen-bond donors (Lipinski definition) is 0. The molecule has 0 amide bonds. The summed E-state index contributed by atoms with van der Waals surface area (Å²) < 4.78 is 10.6. The Balaban J connectivity index is 1.94. The first-order valence-electron chi connectivity index (χ1n) is 5.07. The summed E-state index contributed by atoms with van der Waals surface area (Å²) in [5.74, 6) is 1.33. The normalized spacial score (nSPS) is 15.8. The molecule has 3 nitrogen and oxygen atoms in total. The number of carbonyl (C=O) groups excluding carboxylic acids is 1. The molecule has 0 spiro atoms. The highest BCUT2D eigenvalue weighted by atomic mass is 16.5. The van der Waals surface area contributed by atoms with Crippen LogP contribution in [0.25, 0.3) is 0 Å². The van der Waals surface area contributed by atoms with Crippen molar-refractivity contribution < 1.29 is 14.3 Å². The first-order valence-corrected chi connectivity index (χ1v) is 5.07. The van der Waals surface area contributed by atoms with Crippen molar-refractivity contribution in [1.29, 1.82) is 0 Å². The van der Waals surface area contributed by atoms with Crippen LogP contribution in [0.4, 0.5) is 0 Å². The first kappa shape index (κ1) is 10.2. The lowest BCUT2D eigenvalue weighted by atomic mass is 10.1. The first-order chi connectivity index (χ1) is 7.25. The zero-order chi connectivity index (χ0) is 10.7. The number of Topliss-reactive ketones (excluding diaryl/α,β-unsaturated/α-hetero) is 1. The van der Waals surface area contributed by atoms with E-state index in [0.29, 0.717) is 18.1 Å². The molecule has 1 aromatic rings. The van der Waals surface area contributed by atoms with Gasteiger partial charge in [0.1, 0.15) is 5.75 Å². The van der Waals surface area contributed by atoms with Crippen LogP contribution in [0.3, 0.4) is 0 Å². The molecule has 2 rings (SSSR count). The minimum absolute atomic E-state index is 0.0624. The maximum atomic E-state index is 11.1. The predicted octanol–water partition coefficient (Wildman–Crippen LogP) is 1.91. The highest BCUT2D eigenvalue weighted by molar-refractivity contribution is 5.94. The lowest BCUT2D eigenvalue weighted by molar-refractivity contribution is -0.0508. The van der Waals surface area contributed by atoms with E-state index < -0.39 is 0 Å². The third kappa shape index (κ3) is 2.57. The number of carbonyl (C=O) groups is 1. The van der Waals surface area contributed by atoms with Crippen molar-refractivity contribution in [3.05, 3.63) is 29.8 Å². The molecule has 0 saturated carbocycles. The second-order valence-corrected chi connectivity index (χ2v) is 3.80. The lowest BCUT2D eigenvalue weighted by Gasteiger charge is -2.25. The Bertz CT molecular complexity index is 356. The molecular formula is C12H14O3. The maximum Gasteiger partial charge on any atom is 0.159 e. The molecule has 1 heterocycles. The summed E-state index contributed by atoms with van der Waals surface area (Å²) in [4.78, 5) is 11.1. The summed E-state index contributed by atoms with van der Waals surface area (Å²) in [5, 5.41) is 0. The Morgan fingerprint density at radius 3 is 2.93 bits per heavy atom. The van der Waals surface area contributed by atoms with E-state index in [-0.39, 0.29) is 5.78 Å². The molecule has 0 aliphatic carbocycles. The van der Waals surface area contributed by atoms with E-state index in [1.807, 2.05) is 12.1 Å². The zero-order valence-electron chi connectivity index (χ0n) is 8.73. The lowest BCUT2D eigenvalue weighted by Crippen LogP contribution is -2.32. The largest absolute Gasteiger partial charge is 0.493 e. The van der Waals surface area contributed by atoms with Gasteiger partial charge in [-0.15, -0.1) is 0 Å². The average molecular weight is 206 g/mol. The van der Waals surface area contributed by atoms with Gasteiger partial charge < -0.3 is 9.47 Å². The second kappa shape index (κ2) is 4.45. The smallest absolute Gasteiger partial charge is 0.159 e. The van der Waals surface area contributed by atoms with Crippen molar-refractivity contribution in [3.63, 3.8) is 0 Å². The number of benzene rings is 1. The molecule has 0 unspecified atom stereocenters. The van der Waals surface area contributed by atoms with Gasteiger partial charge in [0.25, 0.3) is 0 Å². The summed E-state index contributed by atoms with van der Waals surface area (Å²) in [7, 11) is 0. The van der Waals surface area contributed by atoms with Crippen molar-refractivity contribution in [2.45, 2.75) is 6.92 Å². The molecule has 1 aliphatic heterocycles. The molecule has 1 saturated heterocycles. The average Bonchev–Trinajstić information content (AvgIpc) is 2.16.